The first-order valence-electron chi connectivity index (χ1n) is 8.08. The number of nitrogens with zero attached hydrogens (tertiary/aromatic N) is 2. The van der Waals surface area contributed by atoms with Crippen molar-refractivity contribution in [3.8, 4) is 0 Å². The van der Waals surface area contributed by atoms with E-state index in [-0.39, 0.29) is 36.3 Å². The quantitative estimate of drug-likeness (QED) is 0.808. The highest BCUT2D eigenvalue weighted by atomic mass is 16.3. The first-order chi connectivity index (χ1) is 9.88. The van der Waals surface area contributed by atoms with Crippen molar-refractivity contribution in [1.82, 2.24) is 9.80 Å². The van der Waals surface area contributed by atoms with Gasteiger partial charge in [-0.25, -0.2) is 0 Å². The van der Waals surface area contributed by atoms with Gasteiger partial charge in [-0.1, -0.05) is 13.8 Å². The van der Waals surface area contributed by atoms with Crippen LogP contribution < -0.4 is 0 Å². The minimum absolute atomic E-state index is 0.0160. The lowest BCUT2D eigenvalue weighted by Crippen LogP contribution is -2.47. The van der Waals surface area contributed by atoms with Gasteiger partial charge in [0.05, 0.1) is 0 Å². The van der Waals surface area contributed by atoms with E-state index in [0.29, 0.717) is 26.1 Å². The molecule has 0 radical (unpaired) electrons. The second kappa shape index (κ2) is 8.37. The van der Waals surface area contributed by atoms with Gasteiger partial charge in [-0.3, -0.25) is 9.59 Å². The lowest BCUT2D eigenvalue weighted by atomic mass is 9.94. The largest absolute Gasteiger partial charge is 0.396 e. The second-order valence-corrected chi connectivity index (χ2v) is 6.46. The van der Waals surface area contributed by atoms with E-state index in [1.165, 1.54) is 0 Å². The molecule has 5 nitrogen and oxygen atoms in total. The Morgan fingerprint density at radius 1 is 1.19 bits per heavy atom. The highest BCUT2D eigenvalue weighted by molar-refractivity contribution is 5.81. The van der Waals surface area contributed by atoms with E-state index in [1.807, 2.05) is 37.5 Å². The van der Waals surface area contributed by atoms with Gasteiger partial charge in [-0.15, -0.1) is 0 Å². The van der Waals surface area contributed by atoms with Gasteiger partial charge in [0.15, 0.2) is 0 Å². The summed E-state index contributed by atoms with van der Waals surface area (Å²) in [5.74, 6) is 0.397. The molecule has 1 heterocycles. The fourth-order valence-electron chi connectivity index (χ4n) is 2.81. The predicted octanol–water partition coefficient (Wildman–Crippen LogP) is 1.50. The van der Waals surface area contributed by atoms with E-state index in [2.05, 4.69) is 0 Å². The Morgan fingerprint density at radius 2 is 1.76 bits per heavy atom. The van der Waals surface area contributed by atoms with Crippen molar-refractivity contribution in [3.05, 3.63) is 0 Å². The molecule has 1 aliphatic rings. The van der Waals surface area contributed by atoms with E-state index in [4.69, 9.17) is 5.11 Å². The molecule has 21 heavy (non-hydrogen) atoms. The molecule has 2 amide bonds. The molecule has 0 aromatic rings. The number of amides is 2. The Balaban J connectivity index is 2.55. The lowest BCUT2D eigenvalue weighted by molar-refractivity contribution is -0.143. The normalized spacial score (nSPS) is 16.6. The smallest absolute Gasteiger partial charge is 0.226 e. The van der Waals surface area contributed by atoms with Gasteiger partial charge in [-0.2, -0.15) is 0 Å². The summed E-state index contributed by atoms with van der Waals surface area (Å²) in [7, 11) is 0. The van der Waals surface area contributed by atoms with Crippen LogP contribution in [0.2, 0.25) is 0 Å². The molecule has 0 atom stereocenters. The Kier molecular flexibility index (Phi) is 7.15. The van der Waals surface area contributed by atoms with Gasteiger partial charge in [0.1, 0.15) is 0 Å². The second-order valence-electron chi connectivity index (χ2n) is 6.46. The molecule has 0 unspecified atom stereocenters. The standard InChI is InChI=1S/C16H30N2O3/c1-12(2)15(20)17-9-6-14(7-10-17)16(21)18(13(3)4)8-5-11-19/h12-14,19H,5-11H2,1-4H3. The maximum Gasteiger partial charge on any atom is 0.226 e. The van der Waals surface area contributed by atoms with Crippen molar-refractivity contribution in [3.63, 3.8) is 0 Å². The maximum absolute atomic E-state index is 12.6. The van der Waals surface area contributed by atoms with Crippen LogP contribution in [0.1, 0.15) is 47.0 Å². The minimum atomic E-state index is 0.0160. The van der Waals surface area contributed by atoms with Gasteiger partial charge in [0, 0.05) is 44.1 Å². The molecule has 0 aromatic heterocycles. The predicted molar refractivity (Wildman–Crippen MR) is 82.7 cm³/mol. The van der Waals surface area contributed by atoms with Crippen molar-refractivity contribution < 1.29 is 14.7 Å². The summed E-state index contributed by atoms with van der Waals surface area (Å²) in [5.41, 5.74) is 0. The molecule has 0 aliphatic carbocycles. The monoisotopic (exact) mass is 298 g/mol. The third-order valence-electron chi connectivity index (χ3n) is 4.11. The van der Waals surface area contributed by atoms with Crippen LogP contribution in [-0.4, -0.2) is 59.0 Å². The molecule has 1 fully saturated rings. The number of aliphatic hydroxyl groups is 1. The topological polar surface area (TPSA) is 60.9 Å². The summed E-state index contributed by atoms with van der Waals surface area (Å²) in [5, 5.41) is 8.95. The van der Waals surface area contributed by atoms with Gasteiger partial charge >= 0.3 is 0 Å². The van der Waals surface area contributed by atoms with Gasteiger partial charge in [-0.05, 0) is 33.1 Å². The average Bonchev–Trinajstić information content (AvgIpc) is 2.46. The lowest BCUT2D eigenvalue weighted by Gasteiger charge is -2.36. The molecule has 0 aromatic carbocycles. The van der Waals surface area contributed by atoms with Crippen LogP contribution in [0.15, 0.2) is 0 Å². The first kappa shape index (κ1) is 18.0. The zero-order chi connectivity index (χ0) is 16.0. The third-order valence-corrected chi connectivity index (χ3v) is 4.11. The number of aliphatic hydroxyl groups excluding tert-OH is 1. The van der Waals surface area contributed by atoms with Gasteiger partial charge in [0.25, 0.3) is 0 Å². The van der Waals surface area contributed by atoms with Crippen molar-refractivity contribution in [2.75, 3.05) is 26.2 Å². The summed E-state index contributed by atoms with van der Waals surface area (Å²) >= 11 is 0. The van der Waals surface area contributed by atoms with Crippen LogP contribution in [0.4, 0.5) is 0 Å². The molecular weight excluding hydrogens is 268 g/mol. The maximum atomic E-state index is 12.6. The molecule has 1 saturated heterocycles. The summed E-state index contributed by atoms with van der Waals surface area (Å²) in [6.07, 6.45) is 2.12. The Labute approximate surface area is 128 Å². The molecular formula is C16H30N2O3. The van der Waals surface area contributed by atoms with Crippen LogP contribution >= 0.6 is 0 Å². The van der Waals surface area contributed by atoms with Crippen LogP contribution in [0.3, 0.4) is 0 Å². The SMILES string of the molecule is CC(C)C(=O)N1CCC(C(=O)N(CCCO)C(C)C)CC1. The van der Waals surface area contributed by atoms with E-state index < -0.39 is 0 Å². The number of hydrogen-bond donors (Lipinski definition) is 1. The molecule has 1 rings (SSSR count). The molecule has 0 bridgehead atoms. The summed E-state index contributed by atoms with van der Waals surface area (Å²) < 4.78 is 0. The number of carbonyl (C=O) groups excluding carboxylic acids is 2. The van der Waals surface area contributed by atoms with E-state index in [1.54, 1.807) is 0 Å². The molecule has 0 spiro atoms. The van der Waals surface area contributed by atoms with Crippen molar-refractivity contribution in [2.24, 2.45) is 11.8 Å². The zero-order valence-corrected chi connectivity index (χ0v) is 13.8. The van der Waals surface area contributed by atoms with Crippen molar-refractivity contribution >= 4 is 11.8 Å². The van der Waals surface area contributed by atoms with Crippen LogP contribution in [0, 0.1) is 11.8 Å². The summed E-state index contributed by atoms with van der Waals surface area (Å²) in [6.45, 7) is 9.91. The number of likely N-dealkylation sites (tertiary alicyclic amines) is 1. The first-order valence-corrected chi connectivity index (χ1v) is 8.08. The average molecular weight is 298 g/mol. The number of hydrogen-bond acceptors (Lipinski definition) is 3. The Hall–Kier alpha value is -1.10. The van der Waals surface area contributed by atoms with E-state index in [9.17, 15) is 9.59 Å². The molecule has 1 aliphatic heterocycles. The third kappa shape index (κ3) is 4.99. The minimum Gasteiger partial charge on any atom is -0.396 e. The number of carbonyl (C=O) groups is 2. The fraction of sp³-hybridized carbons (Fsp3) is 0.875. The van der Waals surface area contributed by atoms with Crippen molar-refractivity contribution in [2.45, 2.75) is 53.0 Å². The van der Waals surface area contributed by atoms with Gasteiger partial charge in [0.2, 0.25) is 11.8 Å². The highest BCUT2D eigenvalue weighted by Crippen LogP contribution is 2.22. The van der Waals surface area contributed by atoms with Gasteiger partial charge < -0.3 is 14.9 Å². The molecule has 122 valence electrons. The number of rotatable bonds is 6. The number of piperidine rings is 1. The van der Waals surface area contributed by atoms with Crippen LogP contribution in [0.5, 0.6) is 0 Å². The summed E-state index contributed by atoms with van der Waals surface area (Å²) in [6, 6.07) is 0.152. The van der Waals surface area contributed by atoms with Crippen molar-refractivity contribution in [1.29, 1.82) is 0 Å². The van der Waals surface area contributed by atoms with E-state index >= 15 is 0 Å². The van der Waals surface area contributed by atoms with E-state index in [0.717, 1.165) is 12.8 Å². The van der Waals surface area contributed by atoms with Crippen LogP contribution in [-0.2, 0) is 9.59 Å². The Morgan fingerprint density at radius 3 is 2.19 bits per heavy atom. The van der Waals surface area contributed by atoms with Crippen LogP contribution in [0.25, 0.3) is 0 Å². The summed E-state index contributed by atoms with van der Waals surface area (Å²) in [4.78, 5) is 28.3. The molecule has 0 saturated carbocycles. The molecule has 5 heteroatoms. The fourth-order valence-corrected chi connectivity index (χ4v) is 2.81. The molecule has 1 N–H and O–H groups in total. The Bertz CT molecular complexity index is 347. The zero-order valence-electron chi connectivity index (χ0n) is 13.8. The highest BCUT2D eigenvalue weighted by Gasteiger charge is 2.31.